The monoisotopic (exact) mass is 290 g/mol. The molecule has 1 heterocycles. The number of aryl methyl sites for hydroxylation is 1. The van der Waals surface area contributed by atoms with E-state index in [2.05, 4.69) is 20.9 Å². The van der Waals surface area contributed by atoms with Gasteiger partial charge in [-0.05, 0) is 25.0 Å². The molecule has 0 radical (unpaired) electrons. The molecule has 2 aromatic rings. The first-order valence-electron chi connectivity index (χ1n) is 5.58. The van der Waals surface area contributed by atoms with E-state index in [1.807, 2.05) is 18.2 Å². The van der Waals surface area contributed by atoms with E-state index in [9.17, 15) is 4.79 Å². The number of ketones is 1. The van der Waals surface area contributed by atoms with E-state index in [0.717, 1.165) is 33.9 Å². The van der Waals surface area contributed by atoms with Crippen LogP contribution in [0.25, 0.3) is 10.9 Å². The topological polar surface area (TPSA) is 56.0 Å². The molecule has 2 N–H and O–H groups in total. The second-order valence-corrected chi connectivity index (χ2v) is 5.11. The first kappa shape index (κ1) is 10.7. The van der Waals surface area contributed by atoms with Gasteiger partial charge >= 0.3 is 0 Å². The van der Waals surface area contributed by atoms with Crippen LogP contribution in [-0.2, 0) is 6.42 Å². The molecule has 0 unspecified atom stereocenters. The van der Waals surface area contributed by atoms with Crippen LogP contribution in [0.5, 0.6) is 0 Å². The van der Waals surface area contributed by atoms with Crippen molar-refractivity contribution in [3.63, 3.8) is 0 Å². The minimum Gasteiger partial charge on any atom is -0.398 e. The van der Waals surface area contributed by atoms with Crippen LogP contribution in [0.3, 0.4) is 0 Å². The van der Waals surface area contributed by atoms with E-state index in [4.69, 9.17) is 5.73 Å². The van der Waals surface area contributed by atoms with E-state index in [1.165, 1.54) is 0 Å². The number of aromatic nitrogens is 1. The van der Waals surface area contributed by atoms with Crippen LogP contribution in [0.4, 0.5) is 5.69 Å². The largest absolute Gasteiger partial charge is 0.398 e. The molecule has 0 bridgehead atoms. The van der Waals surface area contributed by atoms with Crippen LogP contribution in [0.2, 0.25) is 0 Å². The number of Topliss-reactive ketones (excluding diaryl/α,β-unsaturated/α-hetero) is 1. The highest BCUT2D eigenvalue weighted by Crippen LogP contribution is 2.34. The highest BCUT2D eigenvalue weighted by Gasteiger charge is 2.23. The van der Waals surface area contributed by atoms with Crippen molar-refractivity contribution >= 4 is 38.3 Å². The Morgan fingerprint density at radius 1 is 1.29 bits per heavy atom. The number of carbonyl (C=O) groups is 1. The minimum absolute atomic E-state index is 0.119. The quantitative estimate of drug-likeness (QED) is 0.811. The lowest BCUT2D eigenvalue weighted by Crippen LogP contribution is -2.15. The van der Waals surface area contributed by atoms with Crippen molar-refractivity contribution in [3.05, 3.63) is 33.9 Å². The van der Waals surface area contributed by atoms with Gasteiger partial charge < -0.3 is 5.73 Å². The van der Waals surface area contributed by atoms with Crippen LogP contribution in [0.15, 0.2) is 22.7 Å². The summed E-state index contributed by atoms with van der Waals surface area (Å²) in [5.41, 5.74) is 9.05. The van der Waals surface area contributed by atoms with Crippen LogP contribution >= 0.6 is 15.9 Å². The molecule has 3 nitrogen and oxygen atoms in total. The van der Waals surface area contributed by atoms with Gasteiger partial charge in [-0.3, -0.25) is 9.78 Å². The Balaban J connectivity index is 2.44. The Morgan fingerprint density at radius 3 is 2.94 bits per heavy atom. The van der Waals surface area contributed by atoms with Gasteiger partial charge in [-0.25, -0.2) is 0 Å². The fourth-order valence-corrected chi connectivity index (χ4v) is 2.96. The number of benzene rings is 1. The third-order valence-electron chi connectivity index (χ3n) is 3.17. The Kier molecular flexibility index (Phi) is 2.40. The standard InChI is InChI=1S/C13H11BrN2O/c14-7-3-1-4-8-11(7)13(15)12-9(16-8)5-2-6-10(12)17/h1,3-4H,2,5-6H2,(H2,15,16). The molecule has 3 rings (SSSR count). The van der Waals surface area contributed by atoms with E-state index < -0.39 is 0 Å². The van der Waals surface area contributed by atoms with E-state index in [-0.39, 0.29) is 5.78 Å². The molecule has 1 aliphatic rings. The van der Waals surface area contributed by atoms with Crippen LogP contribution in [-0.4, -0.2) is 10.8 Å². The van der Waals surface area contributed by atoms with Crippen molar-refractivity contribution < 1.29 is 4.79 Å². The zero-order valence-corrected chi connectivity index (χ0v) is 10.8. The van der Waals surface area contributed by atoms with Crippen molar-refractivity contribution in [2.24, 2.45) is 0 Å². The van der Waals surface area contributed by atoms with Gasteiger partial charge in [0.1, 0.15) is 0 Å². The summed E-state index contributed by atoms with van der Waals surface area (Å²) in [4.78, 5) is 16.5. The summed E-state index contributed by atoms with van der Waals surface area (Å²) in [5.74, 6) is 0.119. The molecule has 0 aliphatic heterocycles. The van der Waals surface area contributed by atoms with Crippen molar-refractivity contribution in [3.8, 4) is 0 Å². The summed E-state index contributed by atoms with van der Waals surface area (Å²) in [6, 6.07) is 5.77. The Hall–Kier alpha value is -1.42. The number of nitrogen functional groups attached to an aromatic ring is 1. The SMILES string of the molecule is Nc1c2c(nc3cccc(Br)c13)CCCC2=O. The van der Waals surface area contributed by atoms with Gasteiger partial charge in [0.2, 0.25) is 0 Å². The molecule has 1 aliphatic carbocycles. The molecular weight excluding hydrogens is 280 g/mol. The van der Waals surface area contributed by atoms with Crippen LogP contribution in [0.1, 0.15) is 28.9 Å². The average Bonchev–Trinajstić information content (AvgIpc) is 2.28. The molecule has 1 aromatic carbocycles. The number of hydrogen-bond donors (Lipinski definition) is 1. The molecule has 0 saturated carbocycles. The Morgan fingerprint density at radius 2 is 2.12 bits per heavy atom. The van der Waals surface area contributed by atoms with Gasteiger partial charge in [-0.2, -0.15) is 0 Å². The van der Waals surface area contributed by atoms with Crippen LogP contribution in [0, 0.1) is 0 Å². The molecule has 0 saturated heterocycles. The Labute approximate surface area is 107 Å². The first-order chi connectivity index (χ1) is 8.18. The number of pyridine rings is 1. The number of fused-ring (bicyclic) bond motifs is 2. The lowest BCUT2D eigenvalue weighted by molar-refractivity contribution is 0.0973. The molecule has 0 amide bonds. The van der Waals surface area contributed by atoms with Gasteiger partial charge in [0.25, 0.3) is 0 Å². The smallest absolute Gasteiger partial charge is 0.166 e. The highest BCUT2D eigenvalue weighted by molar-refractivity contribution is 9.10. The third kappa shape index (κ3) is 1.55. The lowest BCUT2D eigenvalue weighted by atomic mass is 9.92. The predicted molar refractivity (Wildman–Crippen MR) is 71.1 cm³/mol. The second kappa shape index (κ2) is 3.81. The highest BCUT2D eigenvalue weighted by atomic mass is 79.9. The van der Waals surface area contributed by atoms with Crippen molar-refractivity contribution in [2.45, 2.75) is 19.3 Å². The lowest BCUT2D eigenvalue weighted by Gasteiger charge is -2.17. The molecule has 17 heavy (non-hydrogen) atoms. The number of halogens is 1. The third-order valence-corrected chi connectivity index (χ3v) is 3.83. The summed E-state index contributed by atoms with van der Waals surface area (Å²) in [6.07, 6.45) is 2.29. The molecule has 0 fully saturated rings. The fourth-order valence-electron chi connectivity index (χ4n) is 2.39. The van der Waals surface area contributed by atoms with Gasteiger partial charge in [0.15, 0.2) is 5.78 Å². The number of anilines is 1. The van der Waals surface area contributed by atoms with E-state index in [1.54, 1.807) is 0 Å². The van der Waals surface area contributed by atoms with Crippen LogP contribution < -0.4 is 5.73 Å². The number of nitrogens with two attached hydrogens (primary N) is 1. The fraction of sp³-hybridized carbons (Fsp3) is 0.231. The maximum Gasteiger partial charge on any atom is 0.166 e. The van der Waals surface area contributed by atoms with Gasteiger partial charge in [0, 0.05) is 16.3 Å². The Bertz CT molecular complexity index is 637. The molecule has 4 heteroatoms. The van der Waals surface area contributed by atoms with Gasteiger partial charge in [0.05, 0.1) is 22.5 Å². The summed E-state index contributed by atoms with van der Waals surface area (Å²) in [7, 11) is 0. The normalized spacial score (nSPS) is 15.0. The van der Waals surface area contributed by atoms with Crippen molar-refractivity contribution in [1.29, 1.82) is 0 Å². The van der Waals surface area contributed by atoms with E-state index in [0.29, 0.717) is 17.7 Å². The summed E-state index contributed by atoms with van der Waals surface area (Å²) in [5, 5.41) is 0.849. The first-order valence-corrected chi connectivity index (χ1v) is 6.37. The summed E-state index contributed by atoms with van der Waals surface area (Å²) < 4.78 is 0.890. The number of nitrogens with zero attached hydrogens (tertiary/aromatic N) is 1. The second-order valence-electron chi connectivity index (χ2n) is 4.26. The van der Waals surface area contributed by atoms with E-state index >= 15 is 0 Å². The maximum atomic E-state index is 11.9. The molecule has 0 spiro atoms. The molecule has 86 valence electrons. The summed E-state index contributed by atoms with van der Waals surface area (Å²) in [6.45, 7) is 0. The predicted octanol–water partition coefficient (Wildman–Crippen LogP) is 3.10. The van der Waals surface area contributed by atoms with Gasteiger partial charge in [-0.1, -0.05) is 22.0 Å². The summed E-state index contributed by atoms with van der Waals surface area (Å²) >= 11 is 3.46. The molecule has 0 atom stereocenters. The molecule has 1 aromatic heterocycles. The average molecular weight is 291 g/mol. The zero-order chi connectivity index (χ0) is 12.0. The van der Waals surface area contributed by atoms with Gasteiger partial charge in [-0.15, -0.1) is 0 Å². The number of carbonyl (C=O) groups excluding carboxylic acids is 1. The van der Waals surface area contributed by atoms with Crippen molar-refractivity contribution in [1.82, 2.24) is 4.98 Å². The minimum atomic E-state index is 0.119. The number of rotatable bonds is 0. The number of hydrogen-bond acceptors (Lipinski definition) is 3. The molecular formula is C13H11BrN2O. The zero-order valence-electron chi connectivity index (χ0n) is 9.16. The van der Waals surface area contributed by atoms with Crippen molar-refractivity contribution in [2.75, 3.05) is 5.73 Å². The maximum absolute atomic E-state index is 11.9.